The Bertz CT molecular complexity index is 2920. The summed E-state index contributed by atoms with van der Waals surface area (Å²) in [7, 11) is 0. The third kappa shape index (κ3) is 5.12. The summed E-state index contributed by atoms with van der Waals surface area (Å²) in [6.45, 7) is 0. The molecule has 11 rings (SSSR count). The van der Waals surface area contributed by atoms with E-state index in [2.05, 4.69) is 170 Å². The van der Waals surface area contributed by atoms with E-state index in [0.29, 0.717) is 0 Å². The van der Waals surface area contributed by atoms with Crippen molar-refractivity contribution < 1.29 is 0 Å². The van der Waals surface area contributed by atoms with Crippen LogP contribution in [0.2, 0.25) is 0 Å². The third-order valence-corrected chi connectivity index (χ3v) is 12.3. The van der Waals surface area contributed by atoms with E-state index in [9.17, 15) is 0 Å². The minimum atomic E-state index is 1.09. The molecule has 0 nitrogen and oxygen atoms in total. The molecule has 0 saturated carbocycles. The lowest BCUT2D eigenvalue weighted by molar-refractivity contribution is 0.894. The smallest absolute Gasteiger partial charge is 0.00201 e. The molecule has 0 spiro atoms. The molecule has 0 fully saturated rings. The fourth-order valence-corrected chi connectivity index (χ4v) is 9.63. The standard InChI is InChI=1S/C54H40/c1-3-13-38-31-40(27-23-35(38)11-1)41-28-24-37-26-30-43(34-44(37)33-41)53-49-15-5-7-17-51(49)54(52-18-8-6-16-50(52)53)48-22-10-20-46-45(19-9-21-47(46)48)42-29-25-36-12-2-4-14-39(36)32-42/h2-3,5-10,12-13,15-24,26-28,30-34H,1,4,11,14,25,29H2. The molecule has 0 atom stereocenters. The molecule has 8 aromatic rings. The fraction of sp³-hybridized carbons (Fsp3) is 0.111. The van der Waals surface area contributed by atoms with Gasteiger partial charge in [-0.25, -0.2) is 0 Å². The van der Waals surface area contributed by atoms with Crippen molar-refractivity contribution in [2.75, 3.05) is 0 Å². The van der Waals surface area contributed by atoms with Crippen LogP contribution in [0.3, 0.4) is 0 Å². The summed E-state index contributed by atoms with van der Waals surface area (Å²) in [5.41, 5.74) is 16.4. The van der Waals surface area contributed by atoms with E-state index in [4.69, 9.17) is 0 Å². The molecule has 0 heterocycles. The summed E-state index contributed by atoms with van der Waals surface area (Å²) in [4.78, 5) is 0. The first-order valence-corrected chi connectivity index (χ1v) is 19.7. The second-order valence-corrected chi connectivity index (χ2v) is 15.3. The van der Waals surface area contributed by atoms with Crippen LogP contribution in [0.1, 0.15) is 48.8 Å². The van der Waals surface area contributed by atoms with Crippen LogP contribution in [0.15, 0.2) is 175 Å². The van der Waals surface area contributed by atoms with Gasteiger partial charge in [0.25, 0.3) is 0 Å². The average Bonchev–Trinajstić information content (AvgIpc) is 3.24. The lowest BCUT2D eigenvalue weighted by Crippen LogP contribution is -2.01. The number of hydrogen-bond acceptors (Lipinski definition) is 0. The zero-order valence-electron chi connectivity index (χ0n) is 30.4. The van der Waals surface area contributed by atoms with Gasteiger partial charge in [-0.05, 0) is 167 Å². The Morgan fingerprint density at radius 1 is 0.370 bits per heavy atom. The van der Waals surface area contributed by atoms with Gasteiger partial charge in [0, 0.05) is 0 Å². The maximum absolute atomic E-state index is 2.50. The highest BCUT2D eigenvalue weighted by Gasteiger charge is 2.21. The van der Waals surface area contributed by atoms with Crippen LogP contribution in [-0.4, -0.2) is 0 Å². The highest BCUT2D eigenvalue weighted by molar-refractivity contribution is 6.24. The monoisotopic (exact) mass is 688 g/mol. The predicted octanol–water partition coefficient (Wildman–Crippen LogP) is 15.1. The number of allylic oxidation sites excluding steroid dienone is 7. The molecular formula is C54H40. The van der Waals surface area contributed by atoms with Crippen molar-refractivity contribution in [3.8, 4) is 33.4 Å². The van der Waals surface area contributed by atoms with Crippen molar-refractivity contribution >= 4 is 54.7 Å². The van der Waals surface area contributed by atoms with Gasteiger partial charge in [-0.2, -0.15) is 0 Å². The Morgan fingerprint density at radius 3 is 1.78 bits per heavy atom. The number of rotatable bonds is 4. The van der Waals surface area contributed by atoms with Crippen LogP contribution < -0.4 is 0 Å². The van der Waals surface area contributed by atoms with Gasteiger partial charge in [0.05, 0.1) is 0 Å². The topological polar surface area (TPSA) is 0 Å². The molecule has 0 aromatic heterocycles. The average molecular weight is 689 g/mol. The van der Waals surface area contributed by atoms with Crippen LogP contribution >= 0.6 is 0 Å². The molecule has 54 heavy (non-hydrogen) atoms. The summed E-state index contributed by atoms with van der Waals surface area (Å²) < 4.78 is 0. The molecule has 0 N–H and O–H groups in total. The number of aryl methyl sites for hydroxylation is 1. The van der Waals surface area contributed by atoms with Crippen molar-refractivity contribution in [1.82, 2.24) is 0 Å². The highest BCUT2D eigenvalue weighted by Crippen LogP contribution is 2.47. The molecule has 0 amide bonds. The van der Waals surface area contributed by atoms with Crippen LogP contribution in [0.5, 0.6) is 0 Å². The van der Waals surface area contributed by atoms with Crippen molar-refractivity contribution in [3.63, 3.8) is 0 Å². The van der Waals surface area contributed by atoms with E-state index in [1.807, 2.05) is 0 Å². The van der Waals surface area contributed by atoms with Crippen LogP contribution in [0, 0.1) is 0 Å². The molecule has 8 aromatic carbocycles. The van der Waals surface area contributed by atoms with Crippen LogP contribution in [-0.2, 0) is 6.42 Å². The normalized spacial score (nSPS) is 15.2. The van der Waals surface area contributed by atoms with Gasteiger partial charge in [0.1, 0.15) is 0 Å². The Morgan fingerprint density at radius 2 is 0.981 bits per heavy atom. The number of benzene rings is 8. The van der Waals surface area contributed by atoms with E-state index >= 15 is 0 Å². The summed E-state index contributed by atoms with van der Waals surface area (Å²) in [5.74, 6) is 0. The maximum Gasteiger partial charge on any atom is -0.00201 e. The first kappa shape index (κ1) is 31.3. The Kier molecular flexibility index (Phi) is 7.37. The van der Waals surface area contributed by atoms with E-state index in [-0.39, 0.29) is 0 Å². The Hall–Kier alpha value is -6.24. The van der Waals surface area contributed by atoms with Crippen molar-refractivity contribution in [1.29, 1.82) is 0 Å². The zero-order chi connectivity index (χ0) is 35.6. The Balaban J connectivity index is 1.09. The van der Waals surface area contributed by atoms with E-state index in [1.165, 1.54) is 110 Å². The second-order valence-electron chi connectivity index (χ2n) is 15.3. The first-order valence-electron chi connectivity index (χ1n) is 19.7. The largest absolute Gasteiger partial charge is 0.0839 e. The molecule has 0 heteroatoms. The summed E-state index contributed by atoms with van der Waals surface area (Å²) >= 11 is 0. The van der Waals surface area contributed by atoms with E-state index in [1.54, 1.807) is 0 Å². The van der Waals surface area contributed by atoms with E-state index < -0.39 is 0 Å². The minimum absolute atomic E-state index is 1.09. The number of fused-ring (bicyclic) bond motifs is 5. The zero-order valence-corrected chi connectivity index (χ0v) is 30.4. The molecule has 0 saturated heterocycles. The van der Waals surface area contributed by atoms with Gasteiger partial charge in [-0.1, -0.05) is 152 Å². The lowest BCUT2D eigenvalue weighted by atomic mass is 9.82. The molecule has 3 aliphatic carbocycles. The quantitative estimate of drug-likeness (QED) is 0.161. The predicted molar refractivity (Wildman–Crippen MR) is 233 cm³/mol. The SMILES string of the molecule is C1=CC2=C(C=C(c3cccc4c(-c5c6ccccc6c(-c6ccc7ccc(-c8ccc9c(c8)C=CCC9)cc7c6)c6ccccc56)cccc34)CC2)CC1. The van der Waals surface area contributed by atoms with Gasteiger partial charge in [0.2, 0.25) is 0 Å². The molecule has 0 unspecified atom stereocenters. The first-order chi connectivity index (χ1) is 26.8. The summed E-state index contributed by atoms with van der Waals surface area (Å²) in [6, 6.07) is 53.0. The highest BCUT2D eigenvalue weighted by atomic mass is 14.2. The maximum atomic E-state index is 2.50. The molecule has 3 aliphatic rings. The molecule has 0 aliphatic heterocycles. The van der Waals surface area contributed by atoms with Crippen LogP contribution in [0.4, 0.5) is 0 Å². The number of hydrogen-bond donors (Lipinski definition) is 0. The van der Waals surface area contributed by atoms with Crippen molar-refractivity contribution in [2.45, 2.75) is 38.5 Å². The van der Waals surface area contributed by atoms with Gasteiger partial charge < -0.3 is 0 Å². The van der Waals surface area contributed by atoms with Gasteiger partial charge in [-0.15, -0.1) is 0 Å². The molecule has 0 bridgehead atoms. The Labute approximate surface area is 317 Å². The molecule has 0 radical (unpaired) electrons. The van der Waals surface area contributed by atoms with Crippen molar-refractivity contribution in [3.05, 3.63) is 192 Å². The van der Waals surface area contributed by atoms with Gasteiger partial charge >= 0.3 is 0 Å². The lowest BCUT2D eigenvalue weighted by Gasteiger charge is -2.23. The fourth-order valence-electron chi connectivity index (χ4n) is 9.63. The third-order valence-electron chi connectivity index (χ3n) is 12.3. The minimum Gasteiger partial charge on any atom is -0.0839 e. The second kappa shape index (κ2) is 12.7. The van der Waals surface area contributed by atoms with Crippen LogP contribution in [0.25, 0.3) is 88.1 Å². The van der Waals surface area contributed by atoms with E-state index in [0.717, 1.165) is 38.5 Å². The van der Waals surface area contributed by atoms with Gasteiger partial charge in [0.15, 0.2) is 0 Å². The summed E-state index contributed by atoms with van der Waals surface area (Å²) in [5, 5.41) is 10.3. The summed E-state index contributed by atoms with van der Waals surface area (Å²) in [6.07, 6.45) is 18.6. The van der Waals surface area contributed by atoms with Gasteiger partial charge in [-0.3, -0.25) is 0 Å². The molecule has 256 valence electrons. The molecular weight excluding hydrogens is 649 g/mol. The van der Waals surface area contributed by atoms with Crippen molar-refractivity contribution in [2.24, 2.45) is 0 Å².